The largest absolute Gasteiger partial charge is 0.304 e. The quantitative estimate of drug-likeness (QED) is 0.740. The normalized spacial score (nSPS) is 12.4. The van der Waals surface area contributed by atoms with E-state index in [1.807, 2.05) is 6.92 Å². The van der Waals surface area contributed by atoms with Gasteiger partial charge in [-0.15, -0.1) is 10.2 Å². The predicted molar refractivity (Wildman–Crippen MR) is 55.6 cm³/mol. The van der Waals surface area contributed by atoms with E-state index < -0.39 is 0 Å². The average Bonchev–Trinajstić information content (AvgIpc) is 2.77. The molecule has 0 unspecified atom stereocenters. The Morgan fingerprint density at radius 1 is 1.38 bits per heavy atom. The lowest BCUT2D eigenvalue weighted by molar-refractivity contribution is 0.111. The number of aldehydes is 1. The SMILES string of the molecule is C[C@H](c1ccc(F)cc1)n1cnnc1C=O. The number of carbonyl (C=O) groups is 1. The van der Waals surface area contributed by atoms with Crippen LogP contribution < -0.4 is 0 Å². The number of hydrogen-bond donors (Lipinski definition) is 0. The van der Waals surface area contributed by atoms with Crippen LogP contribution in [0.15, 0.2) is 30.6 Å². The van der Waals surface area contributed by atoms with Crippen molar-refractivity contribution in [2.24, 2.45) is 0 Å². The zero-order valence-corrected chi connectivity index (χ0v) is 8.67. The lowest BCUT2D eigenvalue weighted by Crippen LogP contribution is -2.09. The molecule has 0 saturated carbocycles. The molecule has 1 atom stereocenters. The molecule has 2 aromatic rings. The van der Waals surface area contributed by atoms with Crippen LogP contribution in [-0.4, -0.2) is 21.1 Å². The molecule has 0 amide bonds. The van der Waals surface area contributed by atoms with Crippen molar-refractivity contribution >= 4 is 6.29 Å². The Labute approximate surface area is 91.7 Å². The second kappa shape index (κ2) is 4.22. The summed E-state index contributed by atoms with van der Waals surface area (Å²) < 4.78 is 14.4. The fourth-order valence-electron chi connectivity index (χ4n) is 1.54. The predicted octanol–water partition coefficient (Wildman–Crippen LogP) is 1.84. The molecule has 0 spiro atoms. The molecule has 0 fully saturated rings. The Bertz CT molecular complexity index is 492. The molecule has 1 aromatic heterocycles. The van der Waals surface area contributed by atoms with Crippen LogP contribution in [0.2, 0.25) is 0 Å². The number of hydrogen-bond acceptors (Lipinski definition) is 3. The second-order valence-corrected chi connectivity index (χ2v) is 3.44. The van der Waals surface area contributed by atoms with Crippen molar-refractivity contribution in [1.82, 2.24) is 14.8 Å². The summed E-state index contributed by atoms with van der Waals surface area (Å²) in [7, 11) is 0. The van der Waals surface area contributed by atoms with Gasteiger partial charge in [-0.3, -0.25) is 4.79 Å². The monoisotopic (exact) mass is 219 g/mol. The van der Waals surface area contributed by atoms with E-state index in [9.17, 15) is 9.18 Å². The van der Waals surface area contributed by atoms with Crippen LogP contribution in [0.4, 0.5) is 4.39 Å². The minimum absolute atomic E-state index is 0.101. The van der Waals surface area contributed by atoms with Crippen LogP contribution in [0.1, 0.15) is 29.1 Å². The Kier molecular flexibility index (Phi) is 2.76. The number of aromatic nitrogens is 3. The first-order chi connectivity index (χ1) is 7.72. The number of carbonyl (C=O) groups excluding carboxylic acids is 1. The topological polar surface area (TPSA) is 47.8 Å². The molecule has 82 valence electrons. The van der Waals surface area contributed by atoms with E-state index in [4.69, 9.17) is 0 Å². The van der Waals surface area contributed by atoms with E-state index in [2.05, 4.69) is 10.2 Å². The summed E-state index contributed by atoms with van der Waals surface area (Å²) in [5.74, 6) is -0.0212. The zero-order chi connectivity index (χ0) is 11.5. The molecule has 1 aromatic carbocycles. The molecule has 0 bridgehead atoms. The Morgan fingerprint density at radius 2 is 2.06 bits per heavy atom. The third kappa shape index (κ3) is 1.84. The van der Waals surface area contributed by atoms with E-state index in [1.54, 1.807) is 16.7 Å². The molecule has 1 heterocycles. The highest BCUT2D eigenvalue weighted by Gasteiger charge is 2.12. The summed E-state index contributed by atoms with van der Waals surface area (Å²) >= 11 is 0. The fraction of sp³-hybridized carbons (Fsp3) is 0.182. The summed E-state index contributed by atoms with van der Waals surface area (Å²) in [6.45, 7) is 1.89. The maximum Gasteiger partial charge on any atom is 0.197 e. The molecular weight excluding hydrogens is 209 g/mol. The van der Waals surface area contributed by atoms with Crippen LogP contribution in [0.5, 0.6) is 0 Å². The minimum atomic E-state index is -0.282. The summed E-state index contributed by atoms with van der Waals surface area (Å²) in [5.41, 5.74) is 0.893. The third-order valence-corrected chi connectivity index (χ3v) is 2.48. The molecule has 0 saturated heterocycles. The van der Waals surface area contributed by atoms with Gasteiger partial charge in [-0.1, -0.05) is 12.1 Å². The highest BCUT2D eigenvalue weighted by atomic mass is 19.1. The van der Waals surface area contributed by atoms with Crippen molar-refractivity contribution in [2.75, 3.05) is 0 Å². The van der Waals surface area contributed by atoms with Crippen molar-refractivity contribution in [2.45, 2.75) is 13.0 Å². The Hall–Kier alpha value is -2.04. The Morgan fingerprint density at radius 3 is 2.69 bits per heavy atom. The van der Waals surface area contributed by atoms with Crippen molar-refractivity contribution in [1.29, 1.82) is 0 Å². The van der Waals surface area contributed by atoms with Gasteiger partial charge in [0.1, 0.15) is 12.1 Å². The van der Waals surface area contributed by atoms with Gasteiger partial charge in [0.25, 0.3) is 0 Å². The van der Waals surface area contributed by atoms with Gasteiger partial charge < -0.3 is 4.57 Å². The highest BCUT2D eigenvalue weighted by molar-refractivity contribution is 5.68. The lowest BCUT2D eigenvalue weighted by atomic mass is 10.1. The average molecular weight is 219 g/mol. The van der Waals surface area contributed by atoms with E-state index in [0.717, 1.165) is 5.56 Å². The molecule has 2 rings (SSSR count). The molecule has 0 N–H and O–H groups in total. The van der Waals surface area contributed by atoms with Gasteiger partial charge in [0.2, 0.25) is 0 Å². The van der Waals surface area contributed by atoms with Crippen molar-refractivity contribution < 1.29 is 9.18 Å². The summed E-state index contributed by atoms with van der Waals surface area (Å²) in [6, 6.07) is 6.02. The maximum absolute atomic E-state index is 12.8. The maximum atomic E-state index is 12.8. The van der Waals surface area contributed by atoms with Crippen LogP contribution in [0.25, 0.3) is 0 Å². The number of halogens is 1. The third-order valence-electron chi connectivity index (χ3n) is 2.48. The van der Waals surface area contributed by atoms with Gasteiger partial charge in [0.05, 0.1) is 6.04 Å². The minimum Gasteiger partial charge on any atom is -0.304 e. The molecule has 0 aliphatic carbocycles. The van der Waals surface area contributed by atoms with Gasteiger partial charge >= 0.3 is 0 Å². The first-order valence-electron chi connectivity index (χ1n) is 4.82. The second-order valence-electron chi connectivity index (χ2n) is 3.44. The van der Waals surface area contributed by atoms with Gasteiger partial charge in [0, 0.05) is 0 Å². The summed E-state index contributed by atoms with van der Waals surface area (Å²) in [5, 5.41) is 7.33. The van der Waals surface area contributed by atoms with E-state index in [1.165, 1.54) is 18.5 Å². The van der Waals surface area contributed by atoms with Crippen LogP contribution in [0.3, 0.4) is 0 Å². The number of benzene rings is 1. The van der Waals surface area contributed by atoms with Gasteiger partial charge in [0.15, 0.2) is 12.1 Å². The fourth-order valence-corrected chi connectivity index (χ4v) is 1.54. The first-order valence-corrected chi connectivity index (χ1v) is 4.82. The molecule has 4 nitrogen and oxygen atoms in total. The standard InChI is InChI=1S/C11H10FN3O/c1-8(9-2-4-10(12)5-3-9)15-7-13-14-11(15)6-16/h2-8H,1H3/t8-/m1/s1. The lowest BCUT2D eigenvalue weighted by Gasteiger charge is -2.13. The van der Waals surface area contributed by atoms with Crippen LogP contribution in [-0.2, 0) is 0 Å². The van der Waals surface area contributed by atoms with E-state index in [0.29, 0.717) is 6.29 Å². The zero-order valence-electron chi connectivity index (χ0n) is 8.67. The smallest absolute Gasteiger partial charge is 0.197 e. The molecule has 16 heavy (non-hydrogen) atoms. The van der Waals surface area contributed by atoms with Crippen molar-refractivity contribution in [3.8, 4) is 0 Å². The molecule has 0 radical (unpaired) electrons. The first kappa shape index (κ1) is 10.5. The van der Waals surface area contributed by atoms with Crippen molar-refractivity contribution in [3.63, 3.8) is 0 Å². The van der Waals surface area contributed by atoms with Gasteiger partial charge in [-0.05, 0) is 24.6 Å². The molecule has 0 aliphatic heterocycles. The van der Waals surface area contributed by atoms with Crippen molar-refractivity contribution in [3.05, 3.63) is 47.8 Å². The summed E-state index contributed by atoms with van der Waals surface area (Å²) in [4.78, 5) is 10.7. The number of nitrogens with zero attached hydrogens (tertiary/aromatic N) is 3. The van der Waals surface area contributed by atoms with Gasteiger partial charge in [-0.25, -0.2) is 4.39 Å². The summed E-state index contributed by atoms with van der Waals surface area (Å²) in [6.07, 6.45) is 2.13. The Balaban J connectivity index is 2.35. The number of rotatable bonds is 3. The highest BCUT2D eigenvalue weighted by Crippen LogP contribution is 2.18. The molecule has 0 aliphatic rings. The molecule has 5 heteroatoms. The molecular formula is C11H10FN3O. The van der Waals surface area contributed by atoms with Crippen LogP contribution >= 0.6 is 0 Å². The van der Waals surface area contributed by atoms with E-state index in [-0.39, 0.29) is 17.7 Å². The van der Waals surface area contributed by atoms with E-state index >= 15 is 0 Å². The van der Waals surface area contributed by atoms with Gasteiger partial charge in [-0.2, -0.15) is 0 Å². The van der Waals surface area contributed by atoms with Crippen LogP contribution in [0, 0.1) is 5.82 Å².